The van der Waals surface area contributed by atoms with Crippen LogP contribution in [-0.2, 0) is 13.1 Å². The number of carbonyl (C=O) groups is 1. The van der Waals surface area contributed by atoms with E-state index in [1.807, 2.05) is 34.6 Å². The molecular weight excluding hydrogens is 373 g/mol. The van der Waals surface area contributed by atoms with Crippen molar-refractivity contribution in [2.45, 2.75) is 32.1 Å². The van der Waals surface area contributed by atoms with Crippen LogP contribution in [0.3, 0.4) is 0 Å². The monoisotopic (exact) mass is 395 g/mol. The minimum Gasteiger partial charge on any atom is -0.337 e. The summed E-state index contributed by atoms with van der Waals surface area (Å²) in [4.78, 5) is 20.3. The molecule has 0 spiro atoms. The first-order valence-corrected chi connectivity index (χ1v) is 10.4. The molecule has 0 unspecified atom stereocenters. The molecule has 2 aromatic heterocycles. The Bertz CT molecular complexity index is 1010. The maximum atomic E-state index is 13.3. The zero-order valence-electron chi connectivity index (χ0n) is 15.7. The van der Waals surface area contributed by atoms with E-state index in [0.717, 1.165) is 30.9 Å². The fourth-order valence-electron chi connectivity index (χ4n) is 4.48. The molecule has 0 saturated carbocycles. The van der Waals surface area contributed by atoms with Crippen LogP contribution in [0.5, 0.6) is 0 Å². The number of likely N-dealkylation sites (tertiary alicyclic amines) is 1. The molecule has 2 aliphatic heterocycles. The van der Waals surface area contributed by atoms with Crippen LogP contribution in [0.1, 0.15) is 31.8 Å². The number of hydrogen-bond donors (Lipinski definition) is 0. The zero-order chi connectivity index (χ0) is 19.3. The molecule has 4 nitrogen and oxygen atoms in total. The summed E-state index contributed by atoms with van der Waals surface area (Å²) in [6, 6.07) is 15.1. The largest absolute Gasteiger partial charge is 0.337 e. The average Bonchev–Trinajstić information content (AvgIpc) is 3.40. The molecular formula is C22H22FN3OS. The van der Waals surface area contributed by atoms with Gasteiger partial charge in [-0.25, -0.2) is 4.39 Å². The minimum atomic E-state index is -0.251. The smallest absolute Gasteiger partial charge is 0.271 e. The van der Waals surface area contributed by atoms with E-state index >= 15 is 0 Å². The first kappa shape index (κ1) is 17.6. The summed E-state index contributed by atoms with van der Waals surface area (Å²) in [5.41, 5.74) is 1.71. The van der Waals surface area contributed by atoms with Gasteiger partial charge in [-0.1, -0.05) is 12.1 Å². The van der Waals surface area contributed by atoms with Crippen LogP contribution in [0.25, 0.3) is 0 Å². The molecule has 28 heavy (non-hydrogen) atoms. The van der Waals surface area contributed by atoms with Gasteiger partial charge in [0.1, 0.15) is 11.5 Å². The molecule has 1 saturated heterocycles. The predicted octanol–water partition coefficient (Wildman–Crippen LogP) is 4.08. The van der Waals surface area contributed by atoms with E-state index in [-0.39, 0.29) is 23.8 Å². The Balaban J connectivity index is 1.43. The maximum absolute atomic E-state index is 13.3. The number of aryl methyl sites for hydroxylation is 1. The fourth-order valence-corrected chi connectivity index (χ4v) is 5.42. The van der Waals surface area contributed by atoms with Crippen molar-refractivity contribution in [3.05, 3.63) is 81.6 Å². The van der Waals surface area contributed by atoms with Crippen molar-refractivity contribution in [3.63, 3.8) is 0 Å². The summed E-state index contributed by atoms with van der Waals surface area (Å²) in [5.74, 6) is -0.192. The van der Waals surface area contributed by atoms with Gasteiger partial charge in [-0.15, -0.1) is 11.3 Å². The van der Waals surface area contributed by atoms with Crippen LogP contribution in [0.4, 0.5) is 4.39 Å². The third kappa shape index (κ3) is 3.06. The third-order valence-corrected chi connectivity index (χ3v) is 6.78. The second-order valence-electron chi connectivity index (χ2n) is 7.70. The molecule has 0 bridgehead atoms. The Morgan fingerprint density at radius 1 is 1.04 bits per heavy atom. The summed E-state index contributed by atoms with van der Waals surface area (Å²) < 4.78 is 15.4. The molecule has 4 heterocycles. The number of aromatic nitrogens is 1. The minimum absolute atomic E-state index is 0.0596. The molecule has 1 amide bonds. The van der Waals surface area contributed by atoms with Gasteiger partial charge in [0.05, 0.1) is 12.1 Å². The number of amides is 1. The van der Waals surface area contributed by atoms with Gasteiger partial charge in [-0.2, -0.15) is 0 Å². The summed E-state index contributed by atoms with van der Waals surface area (Å²) in [6.45, 7) is 5.34. The lowest BCUT2D eigenvalue weighted by molar-refractivity contribution is 0.0556. The average molecular weight is 396 g/mol. The van der Waals surface area contributed by atoms with Crippen molar-refractivity contribution < 1.29 is 9.18 Å². The van der Waals surface area contributed by atoms with Gasteiger partial charge in [-0.05, 0) is 48.9 Å². The third-order valence-electron chi connectivity index (χ3n) is 5.79. The van der Waals surface area contributed by atoms with Crippen LogP contribution in [0.15, 0.2) is 54.7 Å². The van der Waals surface area contributed by atoms with E-state index in [2.05, 4.69) is 28.5 Å². The number of halogens is 1. The number of fused-ring (bicyclic) bond motifs is 3. The number of nitrogens with zero attached hydrogens (tertiary/aromatic N) is 3. The van der Waals surface area contributed by atoms with Gasteiger partial charge in [0.25, 0.3) is 5.91 Å². The van der Waals surface area contributed by atoms with Crippen molar-refractivity contribution in [2.75, 3.05) is 13.1 Å². The number of thiophene rings is 1. The SMILES string of the molecule is Cc1ccc(CN2C[C@@H]3[C@H](C2)n2cccc2C(=O)N3Cc2ccc(F)cc2)s1. The molecule has 0 N–H and O–H groups in total. The highest BCUT2D eigenvalue weighted by Gasteiger charge is 2.44. The molecule has 0 aliphatic carbocycles. The Kier molecular flexibility index (Phi) is 4.33. The van der Waals surface area contributed by atoms with E-state index < -0.39 is 0 Å². The molecule has 2 atom stereocenters. The number of hydrogen-bond acceptors (Lipinski definition) is 3. The normalized spacial score (nSPS) is 21.8. The van der Waals surface area contributed by atoms with E-state index in [9.17, 15) is 9.18 Å². The molecule has 1 aromatic carbocycles. The Morgan fingerprint density at radius 2 is 1.82 bits per heavy atom. The van der Waals surface area contributed by atoms with Crippen LogP contribution in [0.2, 0.25) is 0 Å². The summed E-state index contributed by atoms with van der Waals surface area (Å²) in [6.07, 6.45) is 2.03. The molecule has 5 rings (SSSR count). The van der Waals surface area contributed by atoms with E-state index in [4.69, 9.17) is 0 Å². The topological polar surface area (TPSA) is 28.5 Å². The molecule has 0 radical (unpaired) electrons. The molecule has 2 aliphatic rings. The second kappa shape index (κ2) is 6.87. The van der Waals surface area contributed by atoms with Crippen LogP contribution in [0, 0.1) is 12.7 Å². The van der Waals surface area contributed by atoms with E-state index in [1.54, 1.807) is 12.1 Å². The second-order valence-corrected chi connectivity index (χ2v) is 9.07. The summed E-state index contributed by atoms with van der Waals surface area (Å²) in [7, 11) is 0. The van der Waals surface area contributed by atoms with Crippen molar-refractivity contribution in [2.24, 2.45) is 0 Å². The quantitative estimate of drug-likeness (QED) is 0.666. The lowest BCUT2D eigenvalue weighted by atomic mass is 10.0. The van der Waals surface area contributed by atoms with Gasteiger partial charge in [-0.3, -0.25) is 9.69 Å². The molecule has 1 fully saturated rings. The zero-order valence-corrected chi connectivity index (χ0v) is 16.5. The van der Waals surface area contributed by atoms with Crippen molar-refractivity contribution in [3.8, 4) is 0 Å². The standard InChI is InChI=1S/C22H22FN3OS/c1-15-4-9-18(28-15)12-24-13-20-21(14-24)26(11-16-5-7-17(23)8-6-16)22(27)19-3-2-10-25(19)20/h2-10,20-21H,11-14H2,1H3/t20-,21+/m0/s1. The van der Waals surface area contributed by atoms with Crippen molar-refractivity contribution in [1.82, 2.24) is 14.4 Å². The van der Waals surface area contributed by atoms with Crippen molar-refractivity contribution in [1.29, 1.82) is 0 Å². The maximum Gasteiger partial charge on any atom is 0.271 e. The number of benzene rings is 1. The highest BCUT2D eigenvalue weighted by atomic mass is 32.1. The van der Waals surface area contributed by atoms with Gasteiger partial charge < -0.3 is 9.47 Å². The fraction of sp³-hybridized carbons (Fsp3) is 0.318. The first-order chi connectivity index (χ1) is 13.6. The lowest BCUT2D eigenvalue weighted by Gasteiger charge is -2.38. The summed E-state index contributed by atoms with van der Waals surface area (Å²) >= 11 is 1.84. The van der Waals surface area contributed by atoms with Crippen LogP contribution in [-0.4, -0.2) is 39.4 Å². The Hall–Kier alpha value is -2.44. The van der Waals surface area contributed by atoms with Crippen LogP contribution < -0.4 is 0 Å². The Labute approximate surface area is 167 Å². The van der Waals surface area contributed by atoms with Crippen LogP contribution >= 0.6 is 11.3 Å². The molecule has 144 valence electrons. The van der Waals surface area contributed by atoms with E-state index in [0.29, 0.717) is 6.54 Å². The Morgan fingerprint density at radius 3 is 2.57 bits per heavy atom. The van der Waals surface area contributed by atoms with Gasteiger partial charge >= 0.3 is 0 Å². The number of carbonyl (C=O) groups excluding carboxylic acids is 1. The first-order valence-electron chi connectivity index (χ1n) is 9.58. The van der Waals surface area contributed by atoms with E-state index in [1.165, 1.54) is 21.9 Å². The van der Waals surface area contributed by atoms with Crippen molar-refractivity contribution >= 4 is 17.2 Å². The predicted molar refractivity (Wildman–Crippen MR) is 108 cm³/mol. The highest BCUT2D eigenvalue weighted by molar-refractivity contribution is 7.11. The molecule has 3 aromatic rings. The highest BCUT2D eigenvalue weighted by Crippen LogP contribution is 2.35. The van der Waals surface area contributed by atoms with Gasteiger partial charge in [0, 0.05) is 42.1 Å². The van der Waals surface area contributed by atoms with Gasteiger partial charge in [0.2, 0.25) is 0 Å². The lowest BCUT2D eigenvalue weighted by Crippen LogP contribution is -2.49. The molecule has 6 heteroatoms. The summed E-state index contributed by atoms with van der Waals surface area (Å²) in [5, 5.41) is 0. The number of rotatable bonds is 4. The van der Waals surface area contributed by atoms with Gasteiger partial charge in [0.15, 0.2) is 0 Å².